The van der Waals surface area contributed by atoms with Crippen molar-refractivity contribution < 1.29 is 23.9 Å². The van der Waals surface area contributed by atoms with Gasteiger partial charge in [-0.1, -0.05) is 42.5 Å². The van der Waals surface area contributed by atoms with Crippen molar-refractivity contribution in [1.29, 1.82) is 0 Å². The van der Waals surface area contributed by atoms with Gasteiger partial charge < -0.3 is 15.0 Å². The first-order valence-corrected chi connectivity index (χ1v) is 9.45. The van der Waals surface area contributed by atoms with Gasteiger partial charge in [-0.05, 0) is 37.1 Å². The smallest absolute Gasteiger partial charge is 0.338 e. The van der Waals surface area contributed by atoms with Gasteiger partial charge in [-0.3, -0.25) is 14.9 Å². The maximum Gasteiger partial charge on any atom is 0.338 e. The molecule has 8 nitrogen and oxygen atoms in total. The summed E-state index contributed by atoms with van der Waals surface area (Å²) in [4.78, 5) is 50.3. The number of esters is 1. The van der Waals surface area contributed by atoms with Crippen molar-refractivity contribution in [3.05, 3.63) is 71.3 Å². The Balaban J connectivity index is 1.67. The number of amides is 4. The molecule has 0 unspecified atom stereocenters. The number of benzene rings is 2. The number of imide groups is 1. The lowest BCUT2D eigenvalue weighted by Gasteiger charge is -2.23. The van der Waals surface area contributed by atoms with E-state index < -0.39 is 29.6 Å². The fraction of sp³-hybridized carbons (Fsp3) is 0.273. The number of carbonyl (C=O) groups is 4. The van der Waals surface area contributed by atoms with E-state index in [1.54, 1.807) is 26.1 Å². The van der Waals surface area contributed by atoms with Crippen molar-refractivity contribution in [2.75, 3.05) is 7.05 Å². The molecule has 0 aromatic heterocycles. The van der Waals surface area contributed by atoms with E-state index in [2.05, 4.69) is 10.6 Å². The van der Waals surface area contributed by atoms with Gasteiger partial charge in [-0.2, -0.15) is 0 Å². The molecule has 1 aliphatic heterocycles. The average molecular weight is 409 g/mol. The lowest BCUT2D eigenvalue weighted by Crippen LogP contribution is -2.40. The molecule has 8 heteroatoms. The normalized spacial score (nSPS) is 18.9. The van der Waals surface area contributed by atoms with Crippen LogP contribution in [0.4, 0.5) is 4.79 Å². The lowest BCUT2D eigenvalue weighted by atomic mass is 9.91. The quantitative estimate of drug-likeness (QED) is 0.560. The van der Waals surface area contributed by atoms with Crippen LogP contribution < -0.4 is 10.6 Å². The summed E-state index contributed by atoms with van der Waals surface area (Å²) in [5, 5.41) is 4.73. The van der Waals surface area contributed by atoms with E-state index in [1.165, 1.54) is 24.0 Å². The zero-order valence-electron chi connectivity index (χ0n) is 17.0. The van der Waals surface area contributed by atoms with Crippen molar-refractivity contribution in [2.24, 2.45) is 0 Å². The second-order valence-electron chi connectivity index (χ2n) is 7.34. The number of urea groups is 1. The first kappa shape index (κ1) is 21.0. The van der Waals surface area contributed by atoms with E-state index in [0.717, 1.165) is 5.56 Å². The molecule has 2 atom stereocenters. The zero-order valence-corrected chi connectivity index (χ0v) is 17.0. The molecule has 4 amide bonds. The second kappa shape index (κ2) is 8.36. The number of hydrogen-bond acceptors (Lipinski definition) is 5. The highest BCUT2D eigenvalue weighted by atomic mass is 16.5. The van der Waals surface area contributed by atoms with Crippen molar-refractivity contribution in [1.82, 2.24) is 15.5 Å². The topological polar surface area (TPSA) is 105 Å². The Morgan fingerprint density at radius 3 is 2.43 bits per heavy atom. The highest BCUT2D eigenvalue weighted by molar-refractivity contribution is 6.07. The molecule has 1 saturated heterocycles. The molecule has 0 spiro atoms. The van der Waals surface area contributed by atoms with Crippen LogP contribution >= 0.6 is 0 Å². The first-order valence-electron chi connectivity index (χ1n) is 9.45. The highest BCUT2D eigenvalue weighted by Crippen LogP contribution is 2.25. The molecule has 0 saturated carbocycles. The molecule has 3 rings (SSSR count). The van der Waals surface area contributed by atoms with Crippen LogP contribution in [0.1, 0.15) is 35.3 Å². The number of hydrogen-bond donors (Lipinski definition) is 2. The van der Waals surface area contributed by atoms with E-state index >= 15 is 0 Å². The fourth-order valence-electron chi connectivity index (χ4n) is 3.23. The fourth-order valence-corrected chi connectivity index (χ4v) is 3.23. The van der Waals surface area contributed by atoms with Crippen LogP contribution in [-0.2, 0) is 26.4 Å². The monoisotopic (exact) mass is 409 g/mol. The highest BCUT2D eigenvalue weighted by Gasteiger charge is 2.43. The van der Waals surface area contributed by atoms with Crippen molar-refractivity contribution >= 4 is 23.8 Å². The third kappa shape index (κ3) is 4.32. The Bertz CT molecular complexity index is 991. The molecule has 2 aromatic carbocycles. The predicted octanol–water partition coefficient (Wildman–Crippen LogP) is 1.95. The van der Waals surface area contributed by atoms with Gasteiger partial charge in [0.2, 0.25) is 0 Å². The standard InChI is InChI=1S/C22H23N3O5/c1-14(18(26)25(3)13-15-8-5-4-6-9-15)30-19(27)16-10-7-11-17(12-16)22(2)20(28)23-21(29)24-22/h4-12,14H,13H2,1-3H3,(H2,23,24,28,29)/t14-,22+/m0/s1. The summed E-state index contributed by atoms with van der Waals surface area (Å²) in [5.41, 5.74) is 0.281. The summed E-state index contributed by atoms with van der Waals surface area (Å²) >= 11 is 0. The van der Waals surface area contributed by atoms with Crippen LogP contribution in [0.5, 0.6) is 0 Å². The molecule has 1 fully saturated rings. The molecule has 1 aliphatic rings. The van der Waals surface area contributed by atoms with Crippen molar-refractivity contribution in [2.45, 2.75) is 32.0 Å². The molecule has 0 bridgehead atoms. The van der Waals surface area contributed by atoms with Crippen LogP contribution in [0, 0.1) is 0 Å². The van der Waals surface area contributed by atoms with Gasteiger partial charge in [0.25, 0.3) is 11.8 Å². The molecule has 0 radical (unpaired) electrons. The minimum atomic E-state index is -1.29. The maximum atomic E-state index is 12.6. The minimum Gasteiger partial charge on any atom is -0.449 e. The molecular weight excluding hydrogens is 386 g/mol. The summed E-state index contributed by atoms with van der Waals surface area (Å²) < 4.78 is 5.34. The van der Waals surface area contributed by atoms with E-state index in [1.807, 2.05) is 30.3 Å². The number of likely N-dealkylation sites (N-methyl/N-ethyl adjacent to an activating group) is 1. The molecular formula is C22H23N3O5. The van der Waals surface area contributed by atoms with Crippen molar-refractivity contribution in [3.8, 4) is 0 Å². The van der Waals surface area contributed by atoms with Crippen LogP contribution in [0.3, 0.4) is 0 Å². The van der Waals surface area contributed by atoms with Crippen LogP contribution in [0.15, 0.2) is 54.6 Å². The Kier molecular flexibility index (Phi) is 5.86. The van der Waals surface area contributed by atoms with E-state index in [-0.39, 0.29) is 11.5 Å². The number of nitrogens with zero attached hydrogens (tertiary/aromatic N) is 1. The third-order valence-electron chi connectivity index (χ3n) is 4.99. The van der Waals surface area contributed by atoms with Gasteiger partial charge in [0.1, 0.15) is 5.54 Å². The summed E-state index contributed by atoms with van der Waals surface area (Å²) in [7, 11) is 1.64. The van der Waals surface area contributed by atoms with Crippen LogP contribution in [0.25, 0.3) is 0 Å². The number of carbonyl (C=O) groups excluding carboxylic acids is 4. The Morgan fingerprint density at radius 1 is 1.10 bits per heavy atom. The number of nitrogens with one attached hydrogen (secondary N) is 2. The van der Waals surface area contributed by atoms with E-state index in [9.17, 15) is 19.2 Å². The molecule has 156 valence electrons. The summed E-state index contributed by atoms with van der Waals surface area (Å²) in [5.74, 6) is -1.54. The summed E-state index contributed by atoms with van der Waals surface area (Å²) in [6.45, 7) is 3.45. The number of rotatable bonds is 6. The average Bonchev–Trinajstić information content (AvgIpc) is 3.00. The first-order chi connectivity index (χ1) is 14.2. The van der Waals surface area contributed by atoms with E-state index in [4.69, 9.17) is 4.74 Å². The Hall–Kier alpha value is -3.68. The van der Waals surface area contributed by atoms with Gasteiger partial charge in [-0.25, -0.2) is 9.59 Å². The van der Waals surface area contributed by atoms with Gasteiger partial charge in [0.15, 0.2) is 6.10 Å². The van der Waals surface area contributed by atoms with Gasteiger partial charge >= 0.3 is 12.0 Å². The van der Waals surface area contributed by atoms with Crippen LogP contribution in [-0.4, -0.2) is 41.9 Å². The Morgan fingerprint density at radius 2 is 1.80 bits per heavy atom. The van der Waals surface area contributed by atoms with Crippen LogP contribution in [0.2, 0.25) is 0 Å². The third-order valence-corrected chi connectivity index (χ3v) is 4.99. The summed E-state index contributed by atoms with van der Waals surface area (Å²) in [6.07, 6.45) is -0.986. The largest absolute Gasteiger partial charge is 0.449 e. The van der Waals surface area contributed by atoms with Gasteiger partial charge in [0.05, 0.1) is 5.56 Å². The molecule has 0 aliphatic carbocycles. The molecule has 2 aromatic rings. The SMILES string of the molecule is C[C@H](OC(=O)c1cccc([C@@]2(C)NC(=O)NC2=O)c1)C(=O)N(C)Cc1ccccc1. The minimum absolute atomic E-state index is 0.174. The second-order valence-corrected chi connectivity index (χ2v) is 7.34. The summed E-state index contributed by atoms with van der Waals surface area (Å²) in [6, 6.07) is 15.1. The zero-order chi connectivity index (χ0) is 21.9. The molecule has 1 heterocycles. The van der Waals surface area contributed by atoms with Gasteiger partial charge in [0, 0.05) is 13.6 Å². The maximum absolute atomic E-state index is 12.6. The predicted molar refractivity (Wildman–Crippen MR) is 108 cm³/mol. The molecule has 30 heavy (non-hydrogen) atoms. The number of ether oxygens (including phenoxy) is 1. The Labute approximate surface area is 174 Å². The molecule has 2 N–H and O–H groups in total. The lowest BCUT2D eigenvalue weighted by molar-refractivity contribution is -0.139. The van der Waals surface area contributed by atoms with Crippen molar-refractivity contribution in [3.63, 3.8) is 0 Å². The van der Waals surface area contributed by atoms with E-state index in [0.29, 0.717) is 12.1 Å². The van der Waals surface area contributed by atoms with Gasteiger partial charge in [-0.15, -0.1) is 0 Å².